The molecular weight excluding hydrogens is 172 g/mol. The molecule has 0 amide bonds. The van der Waals surface area contributed by atoms with Gasteiger partial charge >= 0.3 is 0 Å². The van der Waals surface area contributed by atoms with E-state index in [1.165, 1.54) is 51.4 Å². The Morgan fingerprint density at radius 2 is 1.36 bits per heavy atom. The van der Waals surface area contributed by atoms with E-state index in [9.17, 15) is 0 Å². The third-order valence-corrected chi connectivity index (χ3v) is 2.43. The summed E-state index contributed by atoms with van der Waals surface area (Å²) in [6.45, 7) is 2.98. The van der Waals surface area contributed by atoms with E-state index < -0.39 is 0 Å². The molecule has 0 aromatic carbocycles. The largest absolute Gasteiger partial charge is 0.447 e. The molecule has 0 unspecified atom stereocenters. The van der Waals surface area contributed by atoms with Gasteiger partial charge in [0.25, 0.3) is 0 Å². The van der Waals surface area contributed by atoms with Crippen LogP contribution in [-0.4, -0.2) is 6.61 Å². The first-order valence-corrected chi connectivity index (χ1v) is 5.99. The summed E-state index contributed by atoms with van der Waals surface area (Å²) in [5.74, 6) is 0. The third kappa shape index (κ3) is 11.4. The Morgan fingerprint density at radius 1 is 0.857 bits per heavy atom. The van der Waals surface area contributed by atoms with Crippen molar-refractivity contribution in [2.45, 2.75) is 64.7 Å². The van der Waals surface area contributed by atoms with Crippen molar-refractivity contribution in [2.24, 2.45) is 0 Å². The highest BCUT2D eigenvalue weighted by atomic mass is 16.5. The highest BCUT2D eigenvalue weighted by Crippen LogP contribution is 2.09. The standard InChI is InChI=1S/C13H24O/c1-3-5-6-7-8-9-10-11-12-13-14-4-2/h2H,3,5-13H2,1H3. The number of hydrogen-bond acceptors (Lipinski definition) is 1. The second-order valence-corrected chi connectivity index (χ2v) is 3.79. The quantitative estimate of drug-likeness (QED) is 0.377. The molecule has 0 fully saturated rings. The molecule has 1 nitrogen and oxygen atoms in total. The normalized spacial score (nSPS) is 9.71. The second-order valence-electron chi connectivity index (χ2n) is 3.79. The van der Waals surface area contributed by atoms with Crippen LogP contribution in [0.3, 0.4) is 0 Å². The van der Waals surface area contributed by atoms with E-state index in [2.05, 4.69) is 13.0 Å². The fraction of sp³-hybridized carbons (Fsp3) is 0.846. The molecule has 0 atom stereocenters. The first-order chi connectivity index (χ1) is 6.91. The summed E-state index contributed by atoms with van der Waals surface area (Å²) in [6.07, 6.45) is 19.2. The minimum Gasteiger partial charge on any atom is -0.447 e. The zero-order valence-corrected chi connectivity index (χ0v) is 9.56. The Kier molecular flexibility index (Phi) is 11.8. The topological polar surface area (TPSA) is 9.23 Å². The van der Waals surface area contributed by atoms with Gasteiger partial charge in [-0.2, -0.15) is 0 Å². The van der Waals surface area contributed by atoms with Crippen molar-refractivity contribution in [1.82, 2.24) is 0 Å². The van der Waals surface area contributed by atoms with Gasteiger partial charge in [-0.1, -0.05) is 64.7 Å². The Labute approximate surface area is 89.2 Å². The summed E-state index contributed by atoms with van der Waals surface area (Å²) >= 11 is 0. The van der Waals surface area contributed by atoms with E-state index >= 15 is 0 Å². The molecule has 0 aliphatic heterocycles. The molecule has 0 aromatic heterocycles. The van der Waals surface area contributed by atoms with E-state index in [4.69, 9.17) is 11.2 Å². The van der Waals surface area contributed by atoms with Crippen LogP contribution in [-0.2, 0) is 4.74 Å². The summed E-state index contributed by atoms with van der Waals surface area (Å²) < 4.78 is 4.82. The Morgan fingerprint density at radius 3 is 1.86 bits per heavy atom. The van der Waals surface area contributed by atoms with Crippen LogP contribution < -0.4 is 0 Å². The fourth-order valence-corrected chi connectivity index (χ4v) is 1.54. The lowest BCUT2D eigenvalue weighted by Crippen LogP contribution is -1.88. The average Bonchev–Trinajstić information content (AvgIpc) is 2.21. The first-order valence-electron chi connectivity index (χ1n) is 5.99. The molecule has 0 bridgehead atoms. The van der Waals surface area contributed by atoms with Crippen LogP contribution in [0.5, 0.6) is 0 Å². The molecule has 82 valence electrons. The van der Waals surface area contributed by atoms with Crippen molar-refractivity contribution < 1.29 is 4.74 Å². The van der Waals surface area contributed by atoms with E-state index in [1.54, 1.807) is 0 Å². The molecular formula is C13H24O. The highest BCUT2D eigenvalue weighted by Gasteiger charge is 1.91. The maximum Gasteiger partial charge on any atom is 0.106 e. The molecule has 0 saturated carbocycles. The van der Waals surface area contributed by atoms with Crippen molar-refractivity contribution >= 4 is 0 Å². The van der Waals surface area contributed by atoms with Gasteiger partial charge in [0.2, 0.25) is 0 Å². The summed E-state index contributed by atoms with van der Waals surface area (Å²) in [5.41, 5.74) is 0. The highest BCUT2D eigenvalue weighted by molar-refractivity contribution is 4.67. The van der Waals surface area contributed by atoms with E-state index in [0.29, 0.717) is 0 Å². The van der Waals surface area contributed by atoms with Crippen molar-refractivity contribution in [1.29, 1.82) is 0 Å². The van der Waals surface area contributed by atoms with E-state index in [0.717, 1.165) is 13.0 Å². The SMILES string of the molecule is C#COCCCCCCCCCCC. The molecule has 0 rings (SSSR count). The van der Waals surface area contributed by atoms with Crippen LogP contribution >= 0.6 is 0 Å². The summed E-state index contributed by atoms with van der Waals surface area (Å²) in [7, 11) is 0. The van der Waals surface area contributed by atoms with E-state index in [-0.39, 0.29) is 0 Å². The molecule has 0 spiro atoms. The van der Waals surface area contributed by atoms with Gasteiger partial charge in [-0.25, -0.2) is 0 Å². The van der Waals surface area contributed by atoms with Crippen molar-refractivity contribution in [3.05, 3.63) is 0 Å². The second kappa shape index (κ2) is 12.4. The lowest BCUT2D eigenvalue weighted by molar-refractivity contribution is 0.267. The van der Waals surface area contributed by atoms with Gasteiger partial charge in [0.1, 0.15) is 12.7 Å². The molecule has 0 aliphatic rings. The van der Waals surface area contributed by atoms with Crippen LogP contribution in [0.1, 0.15) is 64.7 Å². The molecule has 0 N–H and O–H groups in total. The Bertz CT molecular complexity index is 135. The molecule has 0 heterocycles. The lowest BCUT2D eigenvalue weighted by atomic mass is 10.1. The fourth-order valence-electron chi connectivity index (χ4n) is 1.54. The number of rotatable bonds is 10. The number of hydrogen-bond donors (Lipinski definition) is 0. The summed E-state index contributed by atoms with van der Waals surface area (Å²) in [6, 6.07) is 0. The molecule has 0 radical (unpaired) electrons. The molecule has 0 aromatic rings. The van der Waals surface area contributed by atoms with Gasteiger partial charge in [0.05, 0.1) is 0 Å². The molecule has 1 heteroatoms. The van der Waals surface area contributed by atoms with Crippen LogP contribution in [0, 0.1) is 12.5 Å². The van der Waals surface area contributed by atoms with E-state index in [1.807, 2.05) is 0 Å². The summed E-state index contributed by atoms with van der Waals surface area (Å²) in [5, 5.41) is 0. The molecule has 14 heavy (non-hydrogen) atoms. The lowest BCUT2D eigenvalue weighted by Gasteiger charge is -2.01. The maximum absolute atomic E-state index is 4.97. The van der Waals surface area contributed by atoms with Gasteiger partial charge in [-0.3, -0.25) is 0 Å². The minimum absolute atomic E-state index is 0.729. The van der Waals surface area contributed by atoms with Crippen molar-refractivity contribution in [3.63, 3.8) is 0 Å². The van der Waals surface area contributed by atoms with Gasteiger partial charge in [-0.05, 0) is 6.42 Å². The third-order valence-electron chi connectivity index (χ3n) is 2.43. The van der Waals surface area contributed by atoms with Crippen LogP contribution in [0.25, 0.3) is 0 Å². The first kappa shape index (κ1) is 13.4. The zero-order chi connectivity index (χ0) is 10.5. The van der Waals surface area contributed by atoms with Gasteiger partial charge in [-0.15, -0.1) is 0 Å². The molecule has 0 aliphatic carbocycles. The van der Waals surface area contributed by atoms with Gasteiger partial charge in [0.15, 0.2) is 0 Å². The predicted molar refractivity (Wildman–Crippen MR) is 62.0 cm³/mol. The Hall–Kier alpha value is -0.640. The number of ether oxygens (including phenoxy) is 1. The zero-order valence-electron chi connectivity index (χ0n) is 9.56. The number of unbranched alkanes of at least 4 members (excludes halogenated alkanes) is 8. The predicted octanol–water partition coefficient (Wildman–Crippen LogP) is 4.12. The monoisotopic (exact) mass is 196 g/mol. The Balaban J connectivity index is 2.82. The molecule has 0 saturated heterocycles. The van der Waals surface area contributed by atoms with Crippen molar-refractivity contribution in [2.75, 3.05) is 6.61 Å². The van der Waals surface area contributed by atoms with Crippen LogP contribution in [0.4, 0.5) is 0 Å². The maximum atomic E-state index is 4.97. The smallest absolute Gasteiger partial charge is 0.106 e. The van der Waals surface area contributed by atoms with Gasteiger partial charge in [0, 0.05) is 0 Å². The summed E-state index contributed by atoms with van der Waals surface area (Å²) in [4.78, 5) is 0. The minimum atomic E-state index is 0.729. The van der Waals surface area contributed by atoms with Crippen LogP contribution in [0.15, 0.2) is 0 Å². The van der Waals surface area contributed by atoms with Gasteiger partial charge < -0.3 is 4.74 Å². The van der Waals surface area contributed by atoms with Crippen LogP contribution in [0.2, 0.25) is 0 Å². The number of terminal acetylenes is 1. The van der Waals surface area contributed by atoms with Crippen molar-refractivity contribution in [3.8, 4) is 12.5 Å². The average molecular weight is 196 g/mol.